The van der Waals surface area contributed by atoms with Gasteiger partial charge in [-0.15, -0.1) is 0 Å². The molecule has 2 aliphatic heterocycles. The number of aromatic nitrogens is 1. The maximum Gasteiger partial charge on any atom is 0.255 e. The Bertz CT molecular complexity index is 1180. The first-order valence-corrected chi connectivity index (χ1v) is 11.9. The highest BCUT2D eigenvalue weighted by Gasteiger charge is 2.51. The molecule has 1 aromatic carbocycles. The van der Waals surface area contributed by atoms with Gasteiger partial charge in [-0.3, -0.25) is 20.2 Å². The van der Waals surface area contributed by atoms with E-state index in [0.29, 0.717) is 40.4 Å². The van der Waals surface area contributed by atoms with Gasteiger partial charge in [-0.05, 0) is 78.8 Å². The van der Waals surface area contributed by atoms with E-state index in [2.05, 4.69) is 11.0 Å². The molecule has 0 unspecified atom stereocenters. The summed E-state index contributed by atoms with van der Waals surface area (Å²) >= 11 is 6.30. The van der Waals surface area contributed by atoms with Crippen molar-refractivity contribution in [3.05, 3.63) is 63.0 Å². The van der Waals surface area contributed by atoms with E-state index in [1.807, 2.05) is 13.1 Å². The minimum Gasteiger partial charge on any atom is -0.337 e. The Hall–Kier alpha value is -2.51. The number of rotatable bonds is 7. The van der Waals surface area contributed by atoms with Crippen LogP contribution in [0, 0.1) is 28.0 Å². The number of nitrogens with zero attached hydrogens (tertiary/aromatic N) is 3. The van der Waals surface area contributed by atoms with Gasteiger partial charge >= 0.3 is 0 Å². The number of fused-ring (bicyclic) bond motifs is 1. The van der Waals surface area contributed by atoms with E-state index >= 15 is 0 Å². The molecule has 1 amide bonds. The molecular formula is C25H29ClFN5O. The van der Waals surface area contributed by atoms with Crippen LogP contribution in [0.15, 0.2) is 24.4 Å². The maximum atomic E-state index is 14.1. The van der Waals surface area contributed by atoms with Gasteiger partial charge in [0.1, 0.15) is 11.3 Å². The van der Waals surface area contributed by atoms with Crippen molar-refractivity contribution in [2.45, 2.75) is 38.6 Å². The first-order chi connectivity index (χ1) is 15.8. The number of hydrogen-bond acceptors (Lipinski definition) is 4. The Morgan fingerprint density at radius 2 is 2.03 bits per heavy atom. The number of carbonyl (C=O) groups is 1. The van der Waals surface area contributed by atoms with Crippen LogP contribution < -0.4 is 5.49 Å². The summed E-state index contributed by atoms with van der Waals surface area (Å²) in [5.41, 5.74) is 4.20. The van der Waals surface area contributed by atoms with Crippen LogP contribution in [0.25, 0.3) is 0 Å². The molecule has 3 aliphatic rings. The quantitative estimate of drug-likeness (QED) is 0.479. The number of amides is 1. The third-order valence-corrected chi connectivity index (χ3v) is 7.91. The molecule has 8 heteroatoms. The summed E-state index contributed by atoms with van der Waals surface area (Å²) in [4.78, 5) is 16.6. The predicted octanol–water partition coefficient (Wildman–Crippen LogP) is 3.69. The summed E-state index contributed by atoms with van der Waals surface area (Å²) in [6, 6.07) is 5.49. The van der Waals surface area contributed by atoms with Gasteiger partial charge in [-0.25, -0.2) is 4.39 Å². The fourth-order valence-corrected chi connectivity index (χ4v) is 6.34. The second-order valence-corrected chi connectivity index (χ2v) is 10.5. The Balaban J connectivity index is 1.09. The first-order valence-electron chi connectivity index (χ1n) is 11.5. The topological polar surface area (TPSA) is 76.2 Å². The van der Waals surface area contributed by atoms with Crippen LogP contribution >= 0.6 is 11.6 Å². The molecule has 1 aliphatic carbocycles. The van der Waals surface area contributed by atoms with Crippen molar-refractivity contribution in [1.29, 1.82) is 10.8 Å². The van der Waals surface area contributed by atoms with Gasteiger partial charge in [-0.1, -0.05) is 17.7 Å². The smallest absolute Gasteiger partial charge is 0.255 e. The van der Waals surface area contributed by atoms with E-state index in [4.69, 9.17) is 22.4 Å². The zero-order valence-electron chi connectivity index (χ0n) is 18.8. The minimum absolute atomic E-state index is 0.0276. The fraction of sp³-hybridized carbons (Fsp3) is 0.480. The van der Waals surface area contributed by atoms with E-state index < -0.39 is 0 Å². The van der Waals surface area contributed by atoms with Crippen molar-refractivity contribution < 1.29 is 9.18 Å². The highest BCUT2D eigenvalue weighted by atomic mass is 35.5. The summed E-state index contributed by atoms with van der Waals surface area (Å²) in [5, 5.41) is 15.6. The number of pyridine rings is 1. The summed E-state index contributed by atoms with van der Waals surface area (Å²) < 4.78 is 15.3. The van der Waals surface area contributed by atoms with Crippen molar-refractivity contribution in [2.24, 2.45) is 11.3 Å². The third kappa shape index (κ3) is 4.02. The van der Waals surface area contributed by atoms with Gasteiger partial charge in [0, 0.05) is 32.9 Å². The van der Waals surface area contributed by atoms with Crippen LogP contribution in [0.1, 0.15) is 46.3 Å². The zero-order chi connectivity index (χ0) is 23.3. The number of halogens is 2. The second-order valence-electron chi connectivity index (χ2n) is 10.1. The Kier molecular flexibility index (Phi) is 5.65. The normalized spacial score (nSPS) is 19.5. The van der Waals surface area contributed by atoms with Crippen LogP contribution in [0.3, 0.4) is 0 Å². The number of nitrogens with one attached hydrogen (secondary N) is 2. The molecule has 0 bridgehead atoms. The van der Waals surface area contributed by atoms with Crippen molar-refractivity contribution in [2.75, 3.05) is 26.7 Å². The van der Waals surface area contributed by atoms with Gasteiger partial charge in [0.2, 0.25) is 0 Å². The lowest BCUT2D eigenvalue weighted by atomic mass is 9.56. The van der Waals surface area contributed by atoms with Crippen molar-refractivity contribution in [3.63, 3.8) is 0 Å². The van der Waals surface area contributed by atoms with E-state index in [1.54, 1.807) is 4.90 Å². The highest BCUT2D eigenvalue weighted by Crippen LogP contribution is 2.53. The van der Waals surface area contributed by atoms with E-state index in [1.165, 1.54) is 35.2 Å². The van der Waals surface area contributed by atoms with Gasteiger partial charge in [0.15, 0.2) is 0 Å². The Morgan fingerprint density at radius 1 is 1.27 bits per heavy atom. The summed E-state index contributed by atoms with van der Waals surface area (Å²) in [5.74, 6) is 0.339. The van der Waals surface area contributed by atoms with Gasteiger partial charge in [-0.2, -0.15) is 0 Å². The van der Waals surface area contributed by atoms with Crippen LogP contribution in [0.2, 0.25) is 5.02 Å². The van der Waals surface area contributed by atoms with Crippen LogP contribution in [-0.2, 0) is 19.4 Å². The van der Waals surface area contributed by atoms with Crippen molar-refractivity contribution in [3.8, 4) is 0 Å². The number of benzene rings is 1. The molecular weight excluding hydrogens is 441 g/mol. The third-order valence-electron chi connectivity index (χ3n) is 7.59. The number of aryl methyl sites for hydroxylation is 1. The van der Waals surface area contributed by atoms with E-state index in [-0.39, 0.29) is 17.2 Å². The van der Waals surface area contributed by atoms with Gasteiger partial charge in [0.05, 0.1) is 16.9 Å². The Morgan fingerprint density at radius 3 is 2.76 bits per heavy atom. The lowest BCUT2D eigenvalue weighted by Gasteiger charge is -2.59. The molecule has 2 fully saturated rings. The molecule has 1 saturated carbocycles. The van der Waals surface area contributed by atoms with Crippen LogP contribution in [0.4, 0.5) is 4.39 Å². The first kappa shape index (κ1) is 22.3. The molecule has 2 aromatic rings. The summed E-state index contributed by atoms with van der Waals surface area (Å²) in [6.45, 7) is 3.81. The van der Waals surface area contributed by atoms with Gasteiger partial charge in [0.25, 0.3) is 5.91 Å². The number of carbonyl (C=O) groups excluding carboxylic acids is 1. The highest BCUT2D eigenvalue weighted by molar-refractivity contribution is 6.34. The average Bonchev–Trinajstić information content (AvgIpc) is 3.03. The fourth-order valence-electron chi connectivity index (χ4n) is 6.08. The number of hydrogen-bond donors (Lipinski definition) is 2. The molecule has 0 atom stereocenters. The summed E-state index contributed by atoms with van der Waals surface area (Å²) in [6.07, 6.45) is 7.09. The monoisotopic (exact) mass is 469 g/mol. The largest absolute Gasteiger partial charge is 0.337 e. The zero-order valence-corrected chi connectivity index (χ0v) is 19.6. The van der Waals surface area contributed by atoms with E-state index in [0.717, 1.165) is 44.4 Å². The molecule has 1 aromatic heterocycles. The molecule has 174 valence electrons. The minimum atomic E-state index is -0.349. The molecule has 2 N–H and O–H groups in total. The lowest BCUT2D eigenvalue weighted by molar-refractivity contribution is -0.0937. The maximum absolute atomic E-state index is 14.1. The molecule has 5 rings (SSSR count). The molecule has 33 heavy (non-hydrogen) atoms. The summed E-state index contributed by atoms with van der Waals surface area (Å²) in [7, 11) is 1.83. The SMILES string of the molecule is CN1Cc2c(CC3CC4(C3)CN(CCCc3cc(=N)n(C=N)cc3F)C4)ccc(Cl)c2C1=O. The molecule has 0 radical (unpaired) electrons. The van der Waals surface area contributed by atoms with Crippen molar-refractivity contribution in [1.82, 2.24) is 14.4 Å². The van der Waals surface area contributed by atoms with Crippen LogP contribution in [0.5, 0.6) is 0 Å². The molecule has 3 heterocycles. The predicted molar refractivity (Wildman–Crippen MR) is 125 cm³/mol. The van der Waals surface area contributed by atoms with Crippen LogP contribution in [-0.4, -0.2) is 53.3 Å². The molecule has 1 spiro atoms. The van der Waals surface area contributed by atoms with Gasteiger partial charge < -0.3 is 9.80 Å². The average molecular weight is 470 g/mol. The Labute approximate surface area is 198 Å². The standard InChI is InChI=1S/C25H29ClFN5O/c1-30-11-19-17(4-5-20(26)23(19)24(30)33)7-16-9-25(10-16)13-31(14-25)6-2-3-18-8-22(29)32(15-28)12-21(18)27/h4-5,8,12,15-16,28-29H,2-3,6-7,9-11,13-14H2,1H3. The van der Waals surface area contributed by atoms with E-state index in [9.17, 15) is 9.18 Å². The molecule has 1 saturated heterocycles. The van der Waals surface area contributed by atoms with Crippen molar-refractivity contribution >= 4 is 23.8 Å². The number of likely N-dealkylation sites (tertiary alicyclic amines) is 1. The lowest BCUT2D eigenvalue weighted by Crippen LogP contribution is -2.62. The molecule has 6 nitrogen and oxygen atoms in total. The second kappa shape index (κ2) is 8.37.